The molecule has 0 saturated heterocycles. The van der Waals surface area contributed by atoms with E-state index in [4.69, 9.17) is 0 Å². The van der Waals surface area contributed by atoms with Crippen molar-refractivity contribution in [2.24, 2.45) is 0 Å². The Kier molecular flexibility index (Phi) is 107. The standard InChI is InChI=1S/Be.Mg.Rb.Zn.5H/q2*+2;+1;;5*-1. The van der Waals surface area contributed by atoms with Crippen LogP contribution in [0.5, 0.6) is 0 Å². The van der Waals surface area contributed by atoms with Crippen LogP contribution in [-0.4, -0.2) is 33.2 Å². The van der Waals surface area contributed by atoms with Crippen molar-refractivity contribution in [1.29, 1.82) is 0 Å². The molecule has 0 spiro atoms. The van der Waals surface area contributed by atoms with Gasteiger partial charge in [0, 0.05) is 19.5 Å². The zero-order valence-corrected chi connectivity index (χ0v) is 12.4. The van der Waals surface area contributed by atoms with Crippen molar-refractivity contribution < 1.29 is 84.8 Å². The van der Waals surface area contributed by atoms with Crippen LogP contribution in [0.2, 0.25) is 0 Å². The molecule has 0 aromatic rings. The molecule has 0 unspecified atom stereocenters. The van der Waals surface area contributed by atoms with Gasteiger partial charge in [-0.25, -0.2) is 0 Å². The van der Waals surface area contributed by atoms with Crippen molar-refractivity contribution in [3.63, 3.8) is 0 Å². The normalized spacial score (nSPS) is 0. The monoisotopic (exact) mass is 187 g/mol. The maximum absolute atomic E-state index is 0. The van der Waals surface area contributed by atoms with Gasteiger partial charge < -0.3 is 7.13 Å². The predicted molar refractivity (Wildman–Crippen MR) is 17.1 cm³/mol. The number of hydrogen-bond acceptors (Lipinski definition) is 0. The average Bonchev–Trinajstić information content (AvgIpc) is 0. The fraction of sp³-hybridized carbons (Fsp3) is 0. The van der Waals surface area contributed by atoms with E-state index in [9.17, 15) is 0 Å². The van der Waals surface area contributed by atoms with E-state index >= 15 is 0 Å². The Bertz CT molecular complexity index is 16.9. The van der Waals surface area contributed by atoms with Gasteiger partial charge in [-0.2, -0.15) is 0 Å². The third-order valence-electron chi connectivity index (χ3n) is 0. The molecule has 0 aromatic heterocycles. The Labute approximate surface area is 115 Å². The van der Waals surface area contributed by atoms with Gasteiger partial charge in [0.15, 0.2) is 0 Å². The number of hydrogen-bond donors (Lipinski definition) is 0. The van der Waals surface area contributed by atoms with Crippen LogP contribution in [0.3, 0.4) is 0 Å². The Morgan fingerprint density at radius 1 is 1.25 bits per heavy atom. The van der Waals surface area contributed by atoms with E-state index in [1.165, 1.54) is 0 Å². The summed E-state index contributed by atoms with van der Waals surface area (Å²) in [6, 6.07) is 0. The molecule has 0 amide bonds. The molecule has 0 aliphatic heterocycles. The molecule has 0 fully saturated rings. The van der Waals surface area contributed by atoms with E-state index in [0.29, 0.717) is 0 Å². The molecule has 0 bridgehead atoms. The molecule has 0 radical (unpaired) electrons. The minimum Gasteiger partial charge on any atom is -1.00 e. The van der Waals surface area contributed by atoms with Gasteiger partial charge in [0.05, 0.1) is 0 Å². The van der Waals surface area contributed by atoms with E-state index in [0.717, 1.165) is 0 Å². The van der Waals surface area contributed by atoms with Gasteiger partial charge in [-0.1, -0.05) is 0 Å². The fourth-order valence-electron chi connectivity index (χ4n) is 0. The van der Waals surface area contributed by atoms with Crippen LogP contribution >= 0.6 is 0 Å². The molecule has 4 heteroatoms. The van der Waals surface area contributed by atoms with Gasteiger partial charge in [-0.15, -0.1) is 0 Å². The molecular formula is H5BeMgRbZn. The molecule has 0 saturated carbocycles. The summed E-state index contributed by atoms with van der Waals surface area (Å²) in [5.74, 6) is 0. The second kappa shape index (κ2) is 16.2. The summed E-state index contributed by atoms with van der Waals surface area (Å²) in [5, 5.41) is 0. The minimum absolute atomic E-state index is 0. The second-order valence-electron chi connectivity index (χ2n) is 0. The molecule has 0 atom stereocenters. The topological polar surface area (TPSA) is 0 Å². The van der Waals surface area contributed by atoms with Gasteiger partial charge in [-0.05, 0) is 0 Å². The van der Waals surface area contributed by atoms with Gasteiger partial charge in [-0.3, -0.25) is 0 Å². The van der Waals surface area contributed by atoms with Crippen molar-refractivity contribution in [3.05, 3.63) is 0 Å². The van der Waals surface area contributed by atoms with E-state index in [1.54, 1.807) is 0 Å². The molecule has 0 aliphatic carbocycles. The zero-order valence-electron chi connectivity index (χ0n) is 8.12. The third-order valence-corrected chi connectivity index (χ3v) is 0. The van der Waals surface area contributed by atoms with Crippen molar-refractivity contribution >= 4 is 33.2 Å². The summed E-state index contributed by atoms with van der Waals surface area (Å²) in [6.07, 6.45) is 0. The summed E-state index contributed by atoms with van der Waals surface area (Å²) in [5.41, 5.74) is 0. The molecule has 0 rings (SSSR count). The quantitative estimate of drug-likeness (QED) is 0.352. The largest absolute Gasteiger partial charge is 2.00 e. The summed E-state index contributed by atoms with van der Waals surface area (Å²) in [4.78, 5) is 0. The van der Waals surface area contributed by atoms with Crippen LogP contribution in [0.25, 0.3) is 0 Å². The SMILES string of the molecule is [Be+2].[H-].[H-].[H-].[H-].[H-].[Mg+2].[Rb+].[Zn]. The van der Waals surface area contributed by atoms with Gasteiger partial charge >= 0.3 is 91.4 Å². The van der Waals surface area contributed by atoms with Crippen LogP contribution < -0.4 is 58.2 Å². The molecule has 0 nitrogen and oxygen atoms in total. The van der Waals surface area contributed by atoms with Crippen LogP contribution in [0.15, 0.2) is 0 Å². The first kappa shape index (κ1) is 26.4. The molecular weight excluding hydrogens is 184 g/mol. The summed E-state index contributed by atoms with van der Waals surface area (Å²) < 4.78 is 0. The van der Waals surface area contributed by atoms with Crippen LogP contribution in [0.4, 0.5) is 0 Å². The van der Waals surface area contributed by atoms with Crippen molar-refractivity contribution in [2.45, 2.75) is 0 Å². The third kappa shape index (κ3) is 9.03. The molecule has 0 N–H and O–H groups in total. The molecule has 12 valence electrons. The maximum Gasteiger partial charge on any atom is 2.00 e. The van der Waals surface area contributed by atoms with Crippen LogP contribution in [0.1, 0.15) is 7.13 Å². The molecule has 0 aromatic carbocycles. The first-order chi connectivity index (χ1) is 0. The van der Waals surface area contributed by atoms with Crippen LogP contribution in [0, 0.1) is 0 Å². The zero-order chi connectivity index (χ0) is 0. The molecule has 4 heavy (non-hydrogen) atoms. The number of rotatable bonds is 0. The van der Waals surface area contributed by atoms with E-state index < -0.39 is 0 Å². The Hall–Kier alpha value is 3.36. The van der Waals surface area contributed by atoms with Crippen molar-refractivity contribution in [1.82, 2.24) is 0 Å². The molecule has 0 aliphatic rings. The Morgan fingerprint density at radius 3 is 1.25 bits per heavy atom. The van der Waals surface area contributed by atoms with Crippen LogP contribution in [-0.2, 0) is 19.5 Å². The predicted octanol–water partition coefficient (Wildman–Crippen LogP) is -3.20. The van der Waals surface area contributed by atoms with E-state index in [2.05, 4.69) is 0 Å². The maximum atomic E-state index is 0. The van der Waals surface area contributed by atoms with Crippen molar-refractivity contribution in [2.75, 3.05) is 0 Å². The second-order valence-corrected chi connectivity index (χ2v) is 0. The van der Waals surface area contributed by atoms with Gasteiger partial charge in [0.1, 0.15) is 0 Å². The van der Waals surface area contributed by atoms with E-state index in [-0.39, 0.29) is 118 Å². The average molecular weight is 189 g/mol. The Morgan fingerprint density at radius 2 is 1.25 bits per heavy atom. The van der Waals surface area contributed by atoms with Gasteiger partial charge in [0.25, 0.3) is 0 Å². The summed E-state index contributed by atoms with van der Waals surface area (Å²) in [6.45, 7) is 0. The smallest absolute Gasteiger partial charge is 1.00 e. The summed E-state index contributed by atoms with van der Waals surface area (Å²) >= 11 is 0. The summed E-state index contributed by atoms with van der Waals surface area (Å²) in [7, 11) is 0. The fourth-order valence-corrected chi connectivity index (χ4v) is 0. The Balaban J connectivity index is 0. The first-order valence-corrected chi connectivity index (χ1v) is 0. The van der Waals surface area contributed by atoms with Crippen molar-refractivity contribution in [3.8, 4) is 0 Å². The van der Waals surface area contributed by atoms with Gasteiger partial charge in [0.2, 0.25) is 0 Å². The molecule has 0 heterocycles. The van der Waals surface area contributed by atoms with E-state index in [1.807, 2.05) is 0 Å². The minimum atomic E-state index is 0. The first-order valence-electron chi connectivity index (χ1n) is 0.